The third-order valence-corrected chi connectivity index (χ3v) is 4.01. The second kappa shape index (κ2) is 5.86. The Bertz CT molecular complexity index is 586. The molecule has 2 rings (SSSR count). The lowest BCUT2D eigenvalue weighted by Gasteiger charge is -2.02. The van der Waals surface area contributed by atoms with Gasteiger partial charge in [0.1, 0.15) is 9.98 Å². The van der Waals surface area contributed by atoms with Crippen LogP contribution in [-0.2, 0) is 4.74 Å². The monoisotopic (exact) mass is 302 g/mol. The highest BCUT2D eigenvalue weighted by Gasteiger charge is 2.18. The molecule has 18 heavy (non-hydrogen) atoms. The fraction of sp³-hybridized carbons (Fsp3) is 0.364. The van der Waals surface area contributed by atoms with E-state index in [0.717, 1.165) is 5.75 Å². The first kappa shape index (κ1) is 13.6. The molecule has 0 saturated carbocycles. The van der Waals surface area contributed by atoms with Crippen molar-refractivity contribution in [2.24, 2.45) is 0 Å². The highest BCUT2D eigenvalue weighted by atomic mass is 35.5. The van der Waals surface area contributed by atoms with Crippen LogP contribution >= 0.6 is 34.7 Å². The van der Waals surface area contributed by atoms with Gasteiger partial charge in [-0.25, -0.2) is 14.8 Å². The predicted molar refractivity (Wildman–Crippen MR) is 74.8 cm³/mol. The number of fused-ring (bicyclic) bond motifs is 1. The van der Waals surface area contributed by atoms with Gasteiger partial charge in [0.05, 0.1) is 17.6 Å². The van der Waals surface area contributed by atoms with Crippen molar-refractivity contribution in [3.05, 3.63) is 16.1 Å². The number of nitrogens with zero attached hydrogens (tertiary/aromatic N) is 2. The standard InChI is InChI=1S/C11H11ClN2O2S2/c1-3-16-10(15)6-5-18-9-7(6)8(12)13-11(14-9)17-4-2/h5H,3-4H2,1-2H3. The molecule has 0 aromatic carbocycles. The lowest BCUT2D eigenvalue weighted by atomic mass is 10.2. The number of thiophene rings is 1. The molecule has 0 bridgehead atoms. The molecule has 0 aliphatic rings. The third-order valence-electron chi connectivity index (χ3n) is 2.14. The highest BCUT2D eigenvalue weighted by molar-refractivity contribution is 7.99. The summed E-state index contributed by atoms with van der Waals surface area (Å²) in [6.45, 7) is 4.11. The topological polar surface area (TPSA) is 52.1 Å². The number of carbonyl (C=O) groups excluding carboxylic acids is 1. The molecule has 0 N–H and O–H groups in total. The van der Waals surface area contributed by atoms with E-state index >= 15 is 0 Å². The van der Waals surface area contributed by atoms with Crippen LogP contribution in [0.2, 0.25) is 5.15 Å². The summed E-state index contributed by atoms with van der Waals surface area (Å²) in [6, 6.07) is 0. The average Bonchev–Trinajstić information content (AvgIpc) is 2.74. The Balaban J connectivity index is 2.50. The van der Waals surface area contributed by atoms with E-state index in [1.165, 1.54) is 23.1 Å². The fourth-order valence-electron chi connectivity index (χ4n) is 1.43. The van der Waals surface area contributed by atoms with Crippen molar-refractivity contribution in [3.8, 4) is 0 Å². The van der Waals surface area contributed by atoms with Crippen molar-refractivity contribution in [1.29, 1.82) is 0 Å². The molecule has 0 aliphatic heterocycles. The Labute approximate surface area is 118 Å². The normalized spacial score (nSPS) is 10.8. The van der Waals surface area contributed by atoms with E-state index in [0.29, 0.717) is 32.7 Å². The van der Waals surface area contributed by atoms with Crippen LogP contribution in [0.4, 0.5) is 0 Å². The molecule has 0 spiro atoms. The summed E-state index contributed by atoms with van der Waals surface area (Å²) < 4.78 is 4.98. The highest BCUT2D eigenvalue weighted by Crippen LogP contribution is 2.32. The number of thioether (sulfide) groups is 1. The minimum absolute atomic E-state index is 0.306. The van der Waals surface area contributed by atoms with E-state index in [9.17, 15) is 4.79 Å². The second-order valence-electron chi connectivity index (χ2n) is 3.28. The van der Waals surface area contributed by atoms with Gasteiger partial charge in [-0.1, -0.05) is 30.3 Å². The number of halogens is 1. The van der Waals surface area contributed by atoms with E-state index in [1.807, 2.05) is 6.92 Å². The molecule has 0 amide bonds. The lowest BCUT2D eigenvalue weighted by molar-refractivity contribution is 0.0529. The fourth-order valence-corrected chi connectivity index (χ4v) is 3.35. The molecule has 96 valence electrons. The average molecular weight is 303 g/mol. The van der Waals surface area contributed by atoms with Gasteiger partial charge in [-0.05, 0) is 12.7 Å². The van der Waals surface area contributed by atoms with Gasteiger partial charge in [-0.3, -0.25) is 0 Å². The molecule has 0 fully saturated rings. The zero-order valence-corrected chi connectivity index (χ0v) is 12.3. The Morgan fingerprint density at radius 3 is 2.94 bits per heavy atom. The molecule has 0 aliphatic carbocycles. The van der Waals surface area contributed by atoms with Gasteiger partial charge < -0.3 is 4.74 Å². The largest absolute Gasteiger partial charge is 0.462 e. The van der Waals surface area contributed by atoms with Crippen molar-refractivity contribution >= 4 is 50.9 Å². The maximum absolute atomic E-state index is 11.7. The maximum Gasteiger partial charge on any atom is 0.339 e. The number of carbonyl (C=O) groups is 1. The molecule has 0 atom stereocenters. The number of hydrogen-bond acceptors (Lipinski definition) is 6. The van der Waals surface area contributed by atoms with Gasteiger partial charge >= 0.3 is 5.97 Å². The Morgan fingerprint density at radius 2 is 2.28 bits per heavy atom. The van der Waals surface area contributed by atoms with Crippen LogP contribution < -0.4 is 0 Å². The third kappa shape index (κ3) is 2.60. The van der Waals surface area contributed by atoms with E-state index in [1.54, 1.807) is 12.3 Å². The molecular weight excluding hydrogens is 292 g/mol. The van der Waals surface area contributed by atoms with Crippen molar-refractivity contribution in [2.45, 2.75) is 19.0 Å². The van der Waals surface area contributed by atoms with E-state index in [4.69, 9.17) is 16.3 Å². The molecule has 0 radical (unpaired) electrons. The predicted octanol–water partition coefficient (Wildman–Crippen LogP) is 3.63. The van der Waals surface area contributed by atoms with Crippen molar-refractivity contribution in [1.82, 2.24) is 9.97 Å². The number of rotatable bonds is 4. The van der Waals surface area contributed by atoms with Gasteiger partial charge in [0.15, 0.2) is 5.16 Å². The van der Waals surface area contributed by atoms with Gasteiger partial charge in [0.2, 0.25) is 0 Å². The van der Waals surface area contributed by atoms with Gasteiger partial charge in [0, 0.05) is 5.38 Å². The molecule has 4 nitrogen and oxygen atoms in total. The zero-order chi connectivity index (χ0) is 13.1. The quantitative estimate of drug-likeness (QED) is 0.373. The maximum atomic E-state index is 11.7. The number of esters is 1. The first-order valence-electron chi connectivity index (χ1n) is 5.42. The van der Waals surface area contributed by atoms with Gasteiger partial charge in [-0.2, -0.15) is 0 Å². The molecule has 0 unspecified atom stereocenters. The van der Waals surface area contributed by atoms with Crippen LogP contribution in [0.1, 0.15) is 24.2 Å². The van der Waals surface area contributed by atoms with Crippen LogP contribution in [0.25, 0.3) is 10.2 Å². The number of aromatic nitrogens is 2. The first-order valence-corrected chi connectivity index (χ1v) is 7.66. The Morgan fingerprint density at radius 1 is 1.50 bits per heavy atom. The molecular formula is C11H11ClN2O2S2. The van der Waals surface area contributed by atoms with Crippen LogP contribution in [0, 0.1) is 0 Å². The van der Waals surface area contributed by atoms with E-state index in [2.05, 4.69) is 9.97 Å². The summed E-state index contributed by atoms with van der Waals surface area (Å²) in [6.07, 6.45) is 0. The first-order chi connectivity index (χ1) is 8.67. The summed E-state index contributed by atoms with van der Waals surface area (Å²) >= 11 is 9.01. The molecule has 7 heteroatoms. The summed E-state index contributed by atoms with van der Waals surface area (Å²) in [7, 11) is 0. The smallest absolute Gasteiger partial charge is 0.339 e. The Kier molecular flexibility index (Phi) is 4.42. The summed E-state index contributed by atoms with van der Waals surface area (Å²) in [4.78, 5) is 21.0. The van der Waals surface area contributed by atoms with Crippen molar-refractivity contribution < 1.29 is 9.53 Å². The number of ether oxygens (including phenoxy) is 1. The summed E-state index contributed by atoms with van der Waals surface area (Å²) in [5, 5.41) is 3.23. The van der Waals surface area contributed by atoms with Crippen LogP contribution in [0.3, 0.4) is 0 Å². The van der Waals surface area contributed by atoms with Crippen LogP contribution in [0.15, 0.2) is 10.5 Å². The summed E-state index contributed by atoms with van der Waals surface area (Å²) in [5.74, 6) is 0.489. The summed E-state index contributed by atoms with van der Waals surface area (Å²) in [5.41, 5.74) is 0.440. The minimum Gasteiger partial charge on any atom is -0.462 e. The van der Waals surface area contributed by atoms with Crippen molar-refractivity contribution in [2.75, 3.05) is 12.4 Å². The number of hydrogen-bond donors (Lipinski definition) is 0. The molecule has 0 saturated heterocycles. The Hall–Kier alpha value is -0.850. The lowest BCUT2D eigenvalue weighted by Crippen LogP contribution is -2.04. The van der Waals surface area contributed by atoms with Gasteiger partial charge in [-0.15, -0.1) is 11.3 Å². The van der Waals surface area contributed by atoms with E-state index in [-0.39, 0.29) is 5.97 Å². The minimum atomic E-state index is -0.384. The van der Waals surface area contributed by atoms with Crippen LogP contribution in [0.5, 0.6) is 0 Å². The van der Waals surface area contributed by atoms with Gasteiger partial charge in [0.25, 0.3) is 0 Å². The molecule has 2 aromatic rings. The SMILES string of the molecule is CCOC(=O)c1csc2nc(SCC)nc(Cl)c12. The van der Waals surface area contributed by atoms with Crippen molar-refractivity contribution in [3.63, 3.8) is 0 Å². The van der Waals surface area contributed by atoms with Crippen LogP contribution in [-0.4, -0.2) is 28.3 Å². The second-order valence-corrected chi connectivity index (χ2v) is 5.73. The van der Waals surface area contributed by atoms with E-state index < -0.39 is 0 Å². The molecule has 2 aromatic heterocycles. The zero-order valence-electron chi connectivity index (χ0n) is 9.90. The molecule has 2 heterocycles.